The molecule has 2 rings (SSSR count). The summed E-state index contributed by atoms with van der Waals surface area (Å²) >= 11 is 12.3. The van der Waals surface area contributed by atoms with Crippen molar-refractivity contribution in [1.82, 2.24) is 0 Å². The lowest BCUT2D eigenvalue weighted by Crippen LogP contribution is -2.17. The smallest absolute Gasteiger partial charge is 0.266 e. The molecule has 0 aliphatic heterocycles. The first-order valence-electron chi connectivity index (χ1n) is 5.44. The Kier molecular flexibility index (Phi) is 4.19. The van der Waals surface area contributed by atoms with Crippen LogP contribution in [0, 0.1) is 6.92 Å². The minimum absolute atomic E-state index is 0.188. The zero-order chi connectivity index (χ0) is 14.0. The molecule has 98 valence electrons. The van der Waals surface area contributed by atoms with E-state index in [1.807, 2.05) is 18.4 Å². The summed E-state index contributed by atoms with van der Waals surface area (Å²) in [5.41, 5.74) is 7.69. The third-order valence-electron chi connectivity index (χ3n) is 2.56. The number of anilines is 1. The Morgan fingerprint density at radius 1 is 1.42 bits per heavy atom. The van der Waals surface area contributed by atoms with Crippen molar-refractivity contribution in [3.63, 3.8) is 0 Å². The lowest BCUT2D eigenvalue weighted by atomic mass is 10.1. The number of hydrogen-bond donors (Lipinski definition) is 2. The van der Waals surface area contributed by atoms with Gasteiger partial charge in [0.15, 0.2) is 0 Å². The molecule has 19 heavy (non-hydrogen) atoms. The number of thiocarbonyl (C=S) groups is 1. The predicted octanol–water partition coefficient (Wildman–Crippen LogP) is 3.60. The molecule has 1 heterocycles. The molecule has 3 N–H and O–H groups in total. The molecule has 0 unspecified atom stereocenters. The molecule has 0 spiro atoms. The molecule has 1 amide bonds. The van der Waals surface area contributed by atoms with E-state index in [0.717, 1.165) is 5.56 Å². The first-order chi connectivity index (χ1) is 8.99. The summed E-state index contributed by atoms with van der Waals surface area (Å²) in [7, 11) is 0. The number of halogens is 1. The van der Waals surface area contributed by atoms with Gasteiger partial charge in [0.05, 0.1) is 10.6 Å². The molecule has 0 aliphatic rings. The fourth-order valence-corrected chi connectivity index (χ4v) is 2.79. The number of carbonyl (C=O) groups is 1. The molecule has 3 nitrogen and oxygen atoms in total. The van der Waals surface area contributed by atoms with Gasteiger partial charge in [-0.1, -0.05) is 23.8 Å². The molecule has 0 atom stereocenters. The van der Waals surface area contributed by atoms with Crippen LogP contribution in [0.15, 0.2) is 29.6 Å². The second-order valence-electron chi connectivity index (χ2n) is 3.94. The van der Waals surface area contributed by atoms with Crippen LogP contribution in [0.5, 0.6) is 0 Å². The Hall–Kier alpha value is -1.43. The number of benzene rings is 1. The maximum atomic E-state index is 12.2. The highest BCUT2D eigenvalue weighted by atomic mass is 35.5. The summed E-state index contributed by atoms with van der Waals surface area (Å²) in [4.78, 5) is 13.0. The molecular weight excluding hydrogens is 300 g/mol. The first kappa shape index (κ1) is 14.0. The van der Waals surface area contributed by atoms with E-state index >= 15 is 0 Å². The number of nitrogens with one attached hydrogen (secondary N) is 1. The van der Waals surface area contributed by atoms with E-state index in [2.05, 4.69) is 5.32 Å². The van der Waals surface area contributed by atoms with Gasteiger partial charge < -0.3 is 11.1 Å². The topological polar surface area (TPSA) is 55.1 Å². The Labute approximate surface area is 125 Å². The highest BCUT2D eigenvalue weighted by molar-refractivity contribution is 7.80. The molecule has 6 heteroatoms. The number of hydrogen-bond acceptors (Lipinski definition) is 3. The second-order valence-corrected chi connectivity index (χ2v) is 5.73. The van der Waals surface area contributed by atoms with Crippen LogP contribution >= 0.6 is 35.2 Å². The van der Waals surface area contributed by atoms with Gasteiger partial charge in [0.2, 0.25) is 0 Å². The number of rotatable bonds is 3. The molecule has 1 aromatic heterocycles. The van der Waals surface area contributed by atoms with Gasteiger partial charge in [0.25, 0.3) is 5.91 Å². The molecule has 1 aromatic carbocycles. The molecule has 2 aromatic rings. The Morgan fingerprint density at radius 3 is 2.74 bits per heavy atom. The van der Waals surface area contributed by atoms with Crippen LogP contribution in [-0.2, 0) is 0 Å². The molecule has 0 fully saturated rings. The zero-order valence-electron chi connectivity index (χ0n) is 10.1. The van der Waals surface area contributed by atoms with Crippen molar-refractivity contribution < 1.29 is 4.79 Å². The van der Waals surface area contributed by atoms with Crippen LogP contribution in [0.1, 0.15) is 20.8 Å². The quantitative estimate of drug-likeness (QED) is 0.852. The van der Waals surface area contributed by atoms with Gasteiger partial charge in [-0.25, -0.2) is 0 Å². The van der Waals surface area contributed by atoms with Gasteiger partial charge in [-0.15, -0.1) is 11.3 Å². The fourth-order valence-electron chi connectivity index (χ4n) is 1.62. The lowest BCUT2D eigenvalue weighted by Gasteiger charge is -2.10. The zero-order valence-corrected chi connectivity index (χ0v) is 12.5. The summed E-state index contributed by atoms with van der Waals surface area (Å²) in [5.74, 6) is -0.188. The highest BCUT2D eigenvalue weighted by Gasteiger charge is 2.14. The molecule has 0 bridgehead atoms. The second kappa shape index (κ2) is 5.69. The SMILES string of the molecule is Cc1ccsc1C(=O)Nc1cc(Cl)ccc1C(N)=S. The summed E-state index contributed by atoms with van der Waals surface area (Å²) in [6.45, 7) is 1.89. The van der Waals surface area contributed by atoms with E-state index in [1.165, 1.54) is 11.3 Å². The van der Waals surface area contributed by atoms with Crippen LogP contribution in [0.4, 0.5) is 5.69 Å². The first-order valence-corrected chi connectivity index (χ1v) is 7.10. The number of carbonyl (C=O) groups excluding carboxylic acids is 1. The van der Waals surface area contributed by atoms with E-state index in [0.29, 0.717) is 21.2 Å². The summed E-state index contributed by atoms with van der Waals surface area (Å²) < 4.78 is 0. The Morgan fingerprint density at radius 2 is 2.16 bits per heavy atom. The molecule has 0 radical (unpaired) electrons. The molecule has 0 saturated heterocycles. The lowest BCUT2D eigenvalue weighted by molar-refractivity contribution is 0.103. The van der Waals surface area contributed by atoms with Crippen molar-refractivity contribution in [2.24, 2.45) is 5.73 Å². The standard InChI is InChI=1S/C13H11ClN2OS2/c1-7-4-5-19-11(7)13(17)16-10-6-8(14)2-3-9(10)12(15)18/h2-6H,1H3,(H2,15,18)(H,16,17). The number of amides is 1. The van der Waals surface area contributed by atoms with E-state index in [4.69, 9.17) is 29.6 Å². The Balaban J connectivity index is 2.33. The van der Waals surface area contributed by atoms with E-state index < -0.39 is 0 Å². The van der Waals surface area contributed by atoms with Gasteiger partial charge in [0.1, 0.15) is 4.99 Å². The van der Waals surface area contributed by atoms with Crippen molar-refractivity contribution in [2.75, 3.05) is 5.32 Å². The van der Waals surface area contributed by atoms with Gasteiger partial charge in [-0.3, -0.25) is 4.79 Å². The fraction of sp³-hybridized carbons (Fsp3) is 0.0769. The number of thiophene rings is 1. The van der Waals surface area contributed by atoms with Crippen LogP contribution in [0.3, 0.4) is 0 Å². The van der Waals surface area contributed by atoms with E-state index in [-0.39, 0.29) is 10.9 Å². The van der Waals surface area contributed by atoms with Gasteiger partial charge in [-0.2, -0.15) is 0 Å². The molecule has 0 aliphatic carbocycles. The normalized spacial score (nSPS) is 10.2. The van der Waals surface area contributed by atoms with Crippen molar-refractivity contribution in [3.8, 4) is 0 Å². The van der Waals surface area contributed by atoms with Crippen LogP contribution in [0.2, 0.25) is 5.02 Å². The largest absolute Gasteiger partial charge is 0.389 e. The maximum absolute atomic E-state index is 12.2. The third kappa shape index (κ3) is 3.12. The predicted molar refractivity (Wildman–Crippen MR) is 84.3 cm³/mol. The molecular formula is C13H11ClN2OS2. The average Bonchev–Trinajstić information content (AvgIpc) is 2.75. The van der Waals surface area contributed by atoms with Crippen LogP contribution in [-0.4, -0.2) is 10.9 Å². The Bertz CT molecular complexity index is 652. The van der Waals surface area contributed by atoms with Crippen LogP contribution < -0.4 is 11.1 Å². The van der Waals surface area contributed by atoms with Crippen molar-refractivity contribution in [1.29, 1.82) is 0 Å². The number of aryl methyl sites for hydroxylation is 1. The van der Waals surface area contributed by atoms with E-state index in [9.17, 15) is 4.79 Å². The van der Waals surface area contributed by atoms with Gasteiger partial charge >= 0.3 is 0 Å². The van der Waals surface area contributed by atoms with Gasteiger partial charge in [0, 0.05) is 10.6 Å². The van der Waals surface area contributed by atoms with Crippen LogP contribution in [0.25, 0.3) is 0 Å². The minimum atomic E-state index is -0.188. The van der Waals surface area contributed by atoms with Gasteiger partial charge in [-0.05, 0) is 42.1 Å². The van der Waals surface area contributed by atoms with Crippen molar-refractivity contribution in [3.05, 3.63) is 50.7 Å². The average molecular weight is 311 g/mol. The summed E-state index contributed by atoms with van der Waals surface area (Å²) in [6, 6.07) is 6.91. The third-order valence-corrected chi connectivity index (χ3v) is 4.03. The highest BCUT2D eigenvalue weighted by Crippen LogP contribution is 2.23. The summed E-state index contributed by atoms with van der Waals surface area (Å²) in [5, 5.41) is 5.18. The van der Waals surface area contributed by atoms with Crippen molar-refractivity contribution >= 4 is 51.7 Å². The van der Waals surface area contributed by atoms with E-state index in [1.54, 1.807) is 18.2 Å². The maximum Gasteiger partial charge on any atom is 0.266 e. The summed E-state index contributed by atoms with van der Waals surface area (Å²) in [6.07, 6.45) is 0. The number of nitrogens with two attached hydrogens (primary N) is 1. The molecule has 0 saturated carbocycles. The van der Waals surface area contributed by atoms with Crippen molar-refractivity contribution in [2.45, 2.75) is 6.92 Å². The minimum Gasteiger partial charge on any atom is -0.389 e. The monoisotopic (exact) mass is 310 g/mol.